The topological polar surface area (TPSA) is 124 Å². The Bertz CT molecular complexity index is 1140. The van der Waals surface area contributed by atoms with Crippen molar-refractivity contribution in [1.82, 2.24) is 4.90 Å². The molecule has 206 valence electrons. The number of carbonyl (C=O) groups excluding carboxylic acids is 2. The Hall–Kier alpha value is -2.49. The van der Waals surface area contributed by atoms with Gasteiger partial charge in [0.15, 0.2) is 0 Å². The third-order valence-electron chi connectivity index (χ3n) is 8.09. The number of hydrogen-bond acceptors (Lipinski definition) is 6. The molecule has 4 atom stereocenters. The van der Waals surface area contributed by atoms with Crippen molar-refractivity contribution in [3.63, 3.8) is 0 Å². The van der Waals surface area contributed by atoms with Crippen LogP contribution in [0.2, 0.25) is 0 Å². The van der Waals surface area contributed by atoms with Gasteiger partial charge in [-0.3, -0.25) is 19.3 Å². The molecule has 0 spiro atoms. The van der Waals surface area contributed by atoms with E-state index in [1.165, 1.54) is 4.90 Å². The van der Waals surface area contributed by atoms with Crippen LogP contribution in [0.5, 0.6) is 5.75 Å². The van der Waals surface area contributed by atoms with Crippen molar-refractivity contribution in [2.24, 2.45) is 17.8 Å². The van der Waals surface area contributed by atoms with Crippen LogP contribution in [0.4, 0.5) is 0 Å². The smallest absolute Gasteiger partial charge is 0.303 e. The van der Waals surface area contributed by atoms with Gasteiger partial charge < -0.3 is 20.1 Å². The Balaban J connectivity index is 1.44. The summed E-state index contributed by atoms with van der Waals surface area (Å²) in [5.41, 5.74) is 3.70. The van der Waals surface area contributed by atoms with E-state index in [-0.39, 0.29) is 42.6 Å². The summed E-state index contributed by atoms with van der Waals surface area (Å²) in [7, 11) is 0. The summed E-state index contributed by atoms with van der Waals surface area (Å²) in [6, 6.07) is 5.32. The van der Waals surface area contributed by atoms with Crippen molar-refractivity contribution in [3.05, 3.63) is 45.0 Å². The van der Waals surface area contributed by atoms with Gasteiger partial charge in [-0.25, -0.2) is 0 Å². The minimum Gasteiger partial charge on any atom is -0.507 e. The van der Waals surface area contributed by atoms with Crippen LogP contribution >= 0.6 is 15.9 Å². The number of hydrogen-bond donors (Lipinski definition) is 3. The van der Waals surface area contributed by atoms with E-state index < -0.39 is 17.8 Å². The molecular formula is C29H36BrNO7. The Morgan fingerprint density at radius 1 is 1.16 bits per heavy atom. The molecule has 2 amide bonds. The largest absolute Gasteiger partial charge is 0.507 e. The van der Waals surface area contributed by atoms with Gasteiger partial charge in [-0.1, -0.05) is 40.9 Å². The summed E-state index contributed by atoms with van der Waals surface area (Å²) in [6.45, 7) is 2.57. The van der Waals surface area contributed by atoms with E-state index in [1.54, 1.807) is 12.1 Å². The lowest BCUT2D eigenvalue weighted by molar-refractivity contribution is -0.141. The molecule has 8 nitrogen and oxygen atoms in total. The number of aliphatic carboxylic acids is 1. The number of amides is 2. The number of carboxylic acid groups (broad SMARTS) is 1. The molecule has 4 rings (SSSR count). The van der Waals surface area contributed by atoms with Crippen LogP contribution in [0.25, 0.3) is 6.08 Å². The third kappa shape index (κ3) is 6.05. The number of ether oxygens (including phenoxy) is 1. The number of phenols is 1. The van der Waals surface area contributed by atoms with Gasteiger partial charge >= 0.3 is 5.97 Å². The molecule has 38 heavy (non-hydrogen) atoms. The minimum absolute atomic E-state index is 0.0834. The first-order valence-electron chi connectivity index (χ1n) is 13.4. The molecule has 3 aliphatic rings. The van der Waals surface area contributed by atoms with Crippen LogP contribution in [0.15, 0.2) is 39.4 Å². The zero-order chi connectivity index (χ0) is 27.4. The SMILES string of the molecule is CC/C(=C\c1cc(Br)ccc1O)CC[C@H]1OC[C@H]2C1=C(CO)C[C@H]1C(=O)N(CCCCCC(=O)O)C(=O)[C@H]12. The number of likely N-dealkylation sites (tertiary alicyclic amines) is 1. The maximum absolute atomic E-state index is 13.4. The Kier molecular flexibility index (Phi) is 9.44. The van der Waals surface area contributed by atoms with Crippen LogP contribution in [-0.4, -0.2) is 63.9 Å². The molecule has 0 bridgehead atoms. The number of phenolic OH excluding ortho intramolecular Hbond substituents is 1. The van der Waals surface area contributed by atoms with Gasteiger partial charge in [-0.15, -0.1) is 0 Å². The van der Waals surface area contributed by atoms with Crippen LogP contribution in [0.3, 0.4) is 0 Å². The number of aliphatic hydroxyl groups excluding tert-OH is 1. The number of imide groups is 1. The first-order chi connectivity index (χ1) is 18.2. The van der Waals surface area contributed by atoms with Gasteiger partial charge in [-0.05, 0) is 67.9 Å². The molecule has 2 fully saturated rings. The summed E-state index contributed by atoms with van der Waals surface area (Å²) >= 11 is 3.45. The van der Waals surface area contributed by atoms with E-state index in [1.807, 2.05) is 12.1 Å². The molecule has 1 aliphatic carbocycles. The number of aliphatic hydroxyl groups is 1. The molecule has 3 N–H and O–H groups in total. The number of carbonyl (C=O) groups is 3. The number of carboxylic acids is 1. The second kappa shape index (κ2) is 12.6. The minimum atomic E-state index is -0.844. The Labute approximate surface area is 231 Å². The number of nitrogens with zero attached hydrogens (tertiary/aromatic N) is 1. The number of aromatic hydroxyl groups is 1. The van der Waals surface area contributed by atoms with Gasteiger partial charge in [-0.2, -0.15) is 0 Å². The second-order valence-electron chi connectivity index (χ2n) is 10.4. The third-order valence-corrected chi connectivity index (χ3v) is 8.59. The van der Waals surface area contributed by atoms with Crippen molar-refractivity contribution in [3.8, 4) is 5.75 Å². The molecular weight excluding hydrogens is 554 g/mol. The maximum atomic E-state index is 13.4. The molecule has 0 saturated carbocycles. The van der Waals surface area contributed by atoms with Crippen molar-refractivity contribution in [2.75, 3.05) is 19.8 Å². The number of allylic oxidation sites excluding steroid dienone is 1. The van der Waals surface area contributed by atoms with E-state index in [2.05, 4.69) is 22.9 Å². The molecule has 2 saturated heterocycles. The Morgan fingerprint density at radius 2 is 1.95 bits per heavy atom. The molecule has 0 aromatic heterocycles. The fourth-order valence-corrected chi connectivity index (χ4v) is 6.53. The van der Waals surface area contributed by atoms with E-state index in [9.17, 15) is 24.6 Å². The number of fused-ring (bicyclic) bond motifs is 3. The highest BCUT2D eigenvalue weighted by Gasteiger charge is 2.56. The molecule has 2 aliphatic heterocycles. The number of unbranched alkanes of at least 4 members (excludes halogenated alkanes) is 2. The van der Waals surface area contributed by atoms with Gasteiger partial charge in [0.25, 0.3) is 0 Å². The summed E-state index contributed by atoms with van der Waals surface area (Å²) in [4.78, 5) is 38.6. The van der Waals surface area contributed by atoms with Gasteiger partial charge in [0.05, 0.1) is 31.2 Å². The van der Waals surface area contributed by atoms with Gasteiger partial charge in [0.2, 0.25) is 11.8 Å². The fourth-order valence-electron chi connectivity index (χ4n) is 6.16. The van der Waals surface area contributed by atoms with Crippen LogP contribution in [0, 0.1) is 17.8 Å². The van der Waals surface area contributed by atoms with Crippen molar-refractivity contribution >= 4 is 39.8 Å². The molecule has 2 heterocycles. The van der Waals surface area contributed by atoms with Gasteiger partial charge in [0, 0.05) is 28.9 Å². The van der Waals surface area contributed by atoms with Crippen LogP contribution < -0.4 is 0 Å². The highest BCUT2D eigenvalue weighted by atomic mass is 79.9. The lowest BCUT2D eigenvalue weighted by Crippen LogP contribution is -2.35. The molecule has 0 radical (unpaired) electrons. The first kappa shape index (κ1) is 28.5. The van der Waals surface area contributed by atoms with E-state index >= 15 is 0 Å². The summed E-state index contributed by atoms with van der Waals surface area (Å²) < 4.78 is 7.08. The predicted octanol–water partition coefficient (Wildman–Crippen LogP) is 4.68. The normalized spacial score (nSPS) is 25.2. The molecule has 9 heteroatoms. The quantitative estimate of drug-likeness (QED) is 0.183. The number of halogens is 1. The van der Waals surface area contributed by atoms with Crippen molar-refractivity contribution in [2.45, 2.75) is 64.4 Å². The average molecular weight is 591 g/mol. The first-order valence-corrected chi connectivity index (χ1v) is 14.2. The second-order valence-corrected chi connectivity index (χ2v) is 11.3. The van der Waals surface area contributed by atoms with Crippen LogP contribution in [0.1, 0.15) is 63.9 Å². The molecule has 1 aromatic carbocycles. The summed E-state index contributed by atoms with van der Waals surface area (Å²) in [5.74, 6) is -2.11. The fraction of sp³-hybridized carbons (Fsp3) is 0.552. The lowest BCUT2D eigenvalue weighted by atomic mass is 9.69. The number of benzene rings is 1. The van der Waals surface area contributed by atoms with Crippen molar-refractivity contribution in [1.29, 1.82) is 0 Å². The standard InChI is InChI=1S/C29H36BrNO7/c1-2-17(12-18-13-20(30)8-9-23(18)33)7-10-24-26-19(15-32)14-21-27(22(26)16-38-24)29(37)31(28(21)36)11-5-3-4-6-25(34)35/h8-9,12-13,21-22,24,27,32-33H,2-7,10-11,14-16H2,1H3,(H,34,35)/b17-12+/t21-,22+,24-,27-/m1/s1. The zero-order valence-electron chi connectivity index (χ0n) is 21.7. The van der Waals surface area contributed by atoms with E-state index in [0.717, 1.165) is 39.6 Å². The van der Waals surface area contributed by atoms with E-state index in [4.69, 9.17) is 9.84 Å². The maximum Gasteiger partial charge on any atom is 0.303 e. The van der Waals surface area contributed by atoms with E-state index in [0.29, 0.717) is 45.3 Å². The summed E-state index contributed by atoms with van der Waals surface area (Å²) in [6.07, 6.45) is 6.22. The highest BCUT2D eigenvalue weighted by molar-refractivity contribution is 9.10. The lowest BCUT2D eigenvalue weighted by Gasteiger charge is -2.31. The highest BCUT2D eigenvalue weighted by Crippen LogP contribution is 2.49. The Morgan fingerprint density at radius 3 is 2.66 bits per heavy atom. The predicted molar refractivity (Wildman–Crippen MR) is 145 cm³/mol. The van der Waals surface area contributed by atoms with Gasteiger partial charge in [0.1, 0.15) is 5.75 Å². The van der Waals surface area contributed by atoms with Crippen molar-refractivity contribution < 1.29 is 34.4 Å². The average Bonchev–Trinajstić information content (AvgIpc) is 3.42. The monoisotopic (exact) mass is 589 g/mol. The van der Waals surface area contributed by atoms with Crippen LogP contribution in [-0.2, 0) is 19.1 Å². The zero-order valence-corrected chi connectivity index (χ0v) is 23.3. The summed E-state index contributed by atoms with van der Waals surface area (Å²) in [5, 5.41) is 29.2. The number of rotatable bonds is 12. The molecule has 1 aromatic rings. The molecule has 0 unspecified atom stereocenters.